The fourth-order valence-corrected chi connectivity index (χ4v) is 6.77. The topological polar surface area (TPSA) is 60.2 Å². The maximum Gasteiger partial charge on any atom is 0.223 e. The standard InChI is InChI=1S/C19H27NO2/c1-18-8-3-4-12(18)11-5-6-14-15(20)10-16(21)17(22)19(14,2)13(11)7-9-18/h10-14H,3-9,20H2,1-2H3/t11-,12-,13-,14?,18-,19+/m0/s1. The highest BCUT2D eigenvalue weighted by Gasteiger charge is 2.61. The van der Waals surface area contributed by atoms with E-state index in [2.05, 4.69) is 6.92 Å². The fraction of sp³-hybridized carbons (Fsp3) is 0.789. The first-order valence-electron chi connectivity index (χ1n) is 8.94. The van der Waals surface area contributed by atoms with Gasteiger partial charge in [-0.05, 0) is 61.7 Å². The normalized spacial score (nSPS) is 50.9. The van der Waals surface area contributed by atoms with Gasteiger partial charge in [-0.3, -0.25) is 9.59 Å². The van der Waals surface area contributed by atoms with Gasteiger partial charge in [-0.2, -0.15) is 0 Å². The molecular formula is C19H27NO2. The molecule has 1 unspecified atom stereocenters. The second-order valence-corrected chi connectivity index (χ2v) is 8.71. The first kappa shape index (κ1) is 14.5. The summed E-state index contributed by atoms with van der Waals surface area (Å²) in [5, 5.41) is 0. The van der Waals surface area contributed by atoms with Gasteiger partial charge in [-0.15, -0.1) is 0 Å². The molecule has 0 amide bonds. The maximum atomic E-state index is 12.8. The molecule has 0 aromatic carbocycles. The summed E-state index contributed by atoms with van der Waals surface area (Å²) >= 11 is 0. The summed E-state index contributed by atoms with van der Waals surface area (Å²) in [6.07, 6.45) is 9.86. The number of nitrogens with two attached hydrogens (primary N) is 1. The average molecular weight is 301 g/mol. The smallest absolute Gasteiger partial charge is 0.223 e. The van der Waals surface area contributed by atoms with Crippen LogP contribution in [0, 0.1) is 34.5 Å². The van der Waals surface area contributed by atoms with Gasteiger partial charge in [0.15, 0.2) is 0 Å². The minimum Gasteiger partial charge on any atom is -0.402 e. The SMILES string of the molecule is C[C@@]12CCC[C@H]1[C@@H]1CCC3C(N)=CC(=O)C(=O)[C@]3(C)[C@H]1CC2. The molecule has 6 atom stereocenters. The van der Waals surface area contributed by atoms with Gasteiger partial charge < -0.3 is 5.73 Å². The van der Waals surface area contributed by atoms with Crippen molar-refractivity contribution in [1.29, 1.82) is 0 Å². The number of Topliss-reactive ketones (excluding diaryl/α,β-unsaturated/α-hetero) is 1. The van der Waals surface area contributed by atoms with E-state index in [0.29, 0.717) is 22.9 Å². The first-order chi connectivity index (χ1) is 10.4. The van der Waals surface area contributed by atoms with Crippen molar-refractivity contribution >= 4 is 11.6 Å². The van der Waals surface area contributed by atoms with E-state index in [1.807, 2.05) is 6.92 Å². The van der Waals surface area contributed by atoms with Crippen LogP contribution in [0.1, 0.15) is 58.8 Å². The first-order valence-corrected chi connectivity index (χ1v) is 8.94. The lowest BCUT2D eigenvalue weighted by atomic mass is 9.45. The summed E-state index contributed by atoms with van der Waals surface area (Å²) in [4.78, 5) is 24.9. The van der Waals surface area contributed by atoms with E-state index in [0.717, 1.165) is 18.8 Å². The van der Waals surface area contributed by atoms with Crippen molar-refractivity contribution in [3.8, 4) is 0 Å². The van der Waals surface area contributed by atoms with E-state index in [1.165, 1.54) is 38.2 Å². The monoisotopic (exact) mass is 301 g/mol. The summed E-state index contributed by atoms with van der Waals surface area (Å²) in [5.41, 5.74) is 6.77. The molecule has 0 saturated heterocycles. The summed E-state index contributed by atoms with van der Waals surface area (Å²) in [7, 11) is 0. The van der Waals surface area contributed by atoms with E-state index in [-0.39, 0.29) is 17.5 Å². The Bertz CT molecular complexity index is 580. The van der Waals surface area contributed by atoms with Crippen molar-refractivity contribution in [2.24, 2.45) is 40.2 Å². The van der Waals surface area contributed by atoms with Crippen molar-refractivity contribution in [3.05, 3.63) is 11.8 Å². The molecule has 4 aliphatic rings. The van der Waals surface area contributed by atoms with Crippen molar-refractivity contribution in [2.75, 3.05) is 0 Å². The molecule has 120 valence electrons. The number of carbonyl (C=O) groups is 2. The summed E-state index contributed by atoms with van der Waals surface area (Å²) < 4.78 is 0. The molecule has 0 spiro atoms. The van der Waals surface area contributed by atoms with Crippen LogP contribution in [0.25, 0.3) is 0 Å². The quantitative estimate of drug-likeness (QED) is 0.699. The second-order valence-electron chi connectivity index (χ2n) is 8.71. The van der Waals surface area contributed by atoms with Gasteiger partial charge >= 0.3 is 0 Å². The molecule has 0 aromatic rings. The van der Waals surface area contributed by atoms with Gasteiger partial charge in [0.1, 0.15) is 0 Å². The van der Waals surface area contributed by atoms with Gasteiger partial charge in [-0.25, -0.2) is 0 Å². The summed E-state index contributed by atoms with van der Waals surface area (Å²) in [5.74, 6) is 1.28. The number of hydrogen-bond donors (Lipinski definition) is 1. The highest BCUT2D eigenvalue weighted by atomic mass is 16.2. The fourth-order valence-electron chi connectivity index (χ4n) is 6.77. The van der Waals surface area contributed by atoms with E-state index >= 15 is 0 Å². The lowest BCUT2D eigenvalue weighted by Crippen LogP contribution is -2.58. The van der Waals surface area contributed by atoms with Crippen LogP contribution in [0.4, 0.5) is 0 Å². The number of allylic oxidation sites excluding steroid dienone is 2. The van der Waals surface area contributed by atoms with Crippen LogP contribution in [0.2, 0.25) is 0 Å². The van der Waals surface area contributed by atoms with Gasteiger partial charge in [0, 0.05) is 23.1 Å². The van der Waals surface area contributed by atoms with Crippen molar-refractivity contribution in [1.82, 2.24) is 0 Å². The molecule has 3 fully saturated rings. The molecular weight excluding hydrogens is 274 g/mol. The Morgan fingerprint density at radius 3 is 2.59 bits per heavy atom. The zero-order chi connectivity index (χ0) is 15.7. The number of ketones is 2. The summed E-state index contributed by atoms with van der Waals surface area (Å²) in [6.45, 7) is 4.50. The molecule has 3 saturated carbocycles. The van der Waals surface area contributed by atoms with Gasteiger partial charge in [-0.1, -0.05) is 20.3 Å². The van der Waals surface area contributed by atoms with Gasteiger partial charge in [0.25, 0.3) is 0 Å². The third kappa shape index (κ3) is 1.63. The highest BCUT2D eigenvalue weighted by Crippen LogP contribution is 2.65. The minimum atomic E-state index is -0.539. The predicted molar refractivity (Wildman–Crippen MR) is 84.8 cm³/mol. The molecule has 22 heavy (non-hydrogen) atoms. The third-order valence-electron chi connectivity index (χ3n) is 7.91. The Labute approximate surface area is 132 Å². The lowest BCUT2D eigenvalue weighted by molar-refractivity contribution is -0.154. The van der Waals surface area contributed by atoms with Crippen molar-refractivity contribution in [2.45, 2.75) is 58.8 Å². The molecule has 4 aliphatic carbocycles. The van der Waals surface area contributed by atoms with E-state index in [1.54, 1.807) is 0 Å². The Morgan fingerprint density at radius 2 is 1.82 bits per heavy atom. The molecule has 3 heteroatoms. The largest absolute Gasteiger partial charge is 0.402 e. The van der Waals surface area contributed by atoms with Crippen molar-refractivity contribution in [3.63, 3.8) is 0 Å². The van der Waals surface area contributed by atoms with E-state index in [9.17, 15) is 9.59 Å². The number of rotatable bonds is 0. The Kier molecular flexibility index (Phi) is 2.93. The molecule has 3 nitrogen and oxygen atoms in total. The molecule has 0 aromatic heterocycles. The van der Waals surface area contributed by atoms with Gasteiger partial charge in [0.2, 0.25) is 11.6 Å². The van der Waals surface area contributed by atoms with Crippen LogP contribution in [0.15, 0.2) is 11.8 Å². The summed E-state index contributed by atoms with van der Waals surface area (Å²) in [6, 6.07) is 0. The Hall–Kier alpha value is -1.12. The lowest BCUT2D eigenvalue weighted by Gasteiger charge is -2.58. The number of carbonyl (C=O) groups excluding carboxylic acids is 2. The minimum absolute atomic E-state index is 0.0877. The predicted octanol–water partition coefficient (Wildman–Crippen LogP) is 3.23. The van der Waals surface area contributed by atoms with Crippen LogP contribution in [-0.2, 0) is 9.59 Å². The molecule has 0 radical (unpaired) electrons. The van der Waals surface area contributed by atoms with E-state index < -0.39 is 5.41 Å². The Morgan fingerprint density at radius 1 is 1.05 bits per heavy atom. The van der Waals surface area contributed by atoms with Crippen LogP contribution in [0.5, 0.6) is 0 Å². The van der Waals surface area contributed by atoms with Crippen LogP contribution in [-0.4, -0.2) is 11.6 Å². The Balaban J connectivity index is 1.76. The van der Waals surface area contributed by atoms with E-state index in [4.69, 9.17) is 5.73 Å². The van der Waals surface area contributed by atoms with Crippen LogP contribution in [0.3, 0.4) is 0 Å². The molecule has 0 aliphatic heterocycles. The highest BCUT2D eigenvalue weighted by molar-refractivity contribution is 6.44. The molecule has 4 rings (SSSR count). The zero-order valence-corrected chi connectivity index (χ0v) is 13.7. The van der Waals surface area contributed by atoms with Crippen LogP contribution >= 0.6 is 0 Å². The van der Waals surface area contributed by atoms with Crippen molar-refractivity contribution < 1.29 is 9.59 Å². The van der Waals surface area contributed by atoms with Crippen LogP contribution < -0.4 is 5.73 Å². The number of fused-ring (bicyclic) bond motifs is 5. The second kappa shape index (κ2) is 4.46. The average Bonchev–Trinajstić information content (AvgIpc) is 2.87. The third-order valence-corrected chi connectivity index (χ3v) is 7.91. The molecule has 0 bridgehead atoms. The zero-order valence-electron chi connectivity index (χ0n) is 13.7. The number of hydrogen-bond acceptors (Lipinski definition) is 3. The maximum absolute atomic E-state index is 12.8. The molecule has 0 heterocycles. The molecule has 2 N–H and O–H groups in total. The van der Waals surface area contributed by atoms with Gasteiger partial charge in [0.05, 0.1) is 0 Å².